The molecule has 5 heteroatoms. The van der Waals surface area contributed by atoms with Crippen molar-refractivity contribution in [2.24, 2.45) is 0 Å². The molecule has 1 aliphatic heterocycles. The number of hydrogen-bond donors (Lipinski definition) is 1. The molecule has 0 bridgehead atoms. The molecular weight excluding hydrogens is 286 g/mol. The van der Waals surface area contributed by atoms with Gasteiger partial charge in [0.15, 0.2) is 5.44 Å². The fourth-order valence-electron chi connectivity index (χ4n) is 2.11. The summed E-state index contributed by atoms with van der Waals surface area (Å²) in [6, 6.07) is 15.4. The van der Waals surface area contributed by atoms with Crippen molar-refractivity contribution in [1.82, 2.24) is 0 Å². The Morgan fingerprint density at radius 3 is 2.86 bits per heavy atom. The average molecular weight is 301 g/mol. The molecule has 0 aromatic heterocycles. The molecule has 1 atom stereocenters. The van der Waals surface area contributed by atoms with Crippen LogP contribution in [0.2, 0.25) is 0 Å². The van der Waals surface area contributed by atoms with Crippen molar-refractivity contribution in [2.75, 3.05) is 19.0 Å². The molecule has 0 aliphatic carbocycles. The van der Waals surface area contributed by atoms with Gasteiger partial charge < -0.3 is 14.8 Å². The number of anilines is 1. The summed E-state index contributed by atoms with van der Waals surface area (Å²) in [6.45, 7) is 0.678. The molecule has 3 rings (SSSR count). The summed E-state index contributed by atoms with van der Waals surface area (Å²) >= 11 is 1.67. The highest BCUT2D eigenvalue weighted by atomic mass is 32.2. The number of esters is 1. The molecule has 2 aromatic rings. The van der Waals surface area contributed by atoms with Crippen LogP contribution in [0.5, 0.6) is 5.75 Å². The van der Waals surface area contributed by atoms with Crippen LogP contribution in [-0.4, -0.2) is 25.1 Å². The number of methoxy groups -OCH3 is 1. The van der Waals surface area contributed by atoms with E-state index in [1.54, 1.807) is 30.0 Å². The summed E-state index contributed by atoms with van der Waals surface area (Å²) < 4.78 is 10.7. The molecule has 1 N–H and O–H groups in total. The molecular formula is C16H15NO3S. The molecule has 0 saturated carbocycles. The number of nitrogens with one attached hydrogen (secondary N) is 1. The van der Waals surface area contributed by atoms with Crippen LogP contribution in [0.25, 0.3) is 0 Å². The van der Waals surface area contributed by atoms with Gasteiger partial charge in [-0.2, -0.15) is 0 Å². The minimum Gasteiger partial charge on any atom is -0.475 e. The molecule has 1 unspecified atom stereocenters. The van der Waals surface area contributed by atoms with Crippen molar-refractivity contribution in [3.05, 3.63) is 54.1 Å². The Hall–Kier alpha value is -2.14. The SMILES string of the molecule is COC(=O)c1ccc2c(c1)NCC(Sc1ccccc1)O2. The molecule has 1 heterocycles. The minimum atomic E-state index is -0.347. The van der Waals surface area contributed by atoms with Crippen molar-refractivity contribution < 1.29 is 14.3 Å². The van der Waals surface area contributed by atoms with Crippen LogP contribution >= 0.6 is 11.8 Å². The van der Waals surface area contributed by atoms with Crippen LogP contribution in [0.15, 0.2) is 53.4 Å². The van der Waals surface area contributed by atoms with Crippen molar-refractivity contribution in [2.45, 2.75) is 10.3 Å². The molecule has 0 spiro atoms. The first-order valence-electron chi connectivity index (χ1n) is 6.61. The normalized spacial score (nSPS) is 16.3. The monoisotopic (exact) mass is 301 g/mol. The van der Waals surface area contributed by atoms with Gasteiger partial charge >= 0.3 is 5.97 Å². The Bertz CT molecular complexity index is 645. The van der Waals surface area contributed by atoms with Gasteiger partial charge in [-0.3, -0.25) is 0 Å². The summed E-state index contributed by atoms with van der Waals surface area (Å²) in [4.78, 5) is 12.7. The first-order valence-corrected chi connectivity index (χ1v) is 7.49. The zero-order chi connectivity index (χ0) is 14.7. The Labute approximate surface area is 127 Å². The lowest BCUT2D eigenvalue weighted by molar-refractivity contribution is 0.0600. The summed E-state index contributed by atoms with van der Waals surface area (Å²) in [7, 11) is 1.37. The zero-order valence-electron chi connectivity index (χ0n) is 11.5. The van der Waals surface area contributed by atoms with Gasteiger partial charge in [0, 0.05) is 4.90 Å². The van der Waals surface area contributed by atoms with E-state index in [1.807, 2.05) is 18.2 Å². The van der Waals surface area contributed by atoms with Gasteiger partial charge in [-0.15, -0.1) is 0 Å². The van der Waals surface area contributed by atoms with Crippen molar-refractivity contribution in [3.63, 3.8) is 0 Å². The summed E-state index contributed by atoms with van der Waals surface area (Å²) in [5.41, 5.74) is 1.34. The largest absolute Gasteiger partial charge is 0.475 e. The van der Waals surface area contributed by atoms with E-state index in [1.165, 1.54) is 12.0 Å². The van der Waals surface area contributed by atoms with E-state index in [2.05, 4.69) is 17.4 Å². The van der Waals surface area contributed by atoms with Gasteiger partial charge in [0.1, 0.15) is 5.75 Å². The van der Waals surface area contributed by atoms with Gasteiger partial charge in [-0.25, -0.2) is 4.79 Å². The number of ether oxygens (including phenoxy) is 2. The number of carbonyl (C=O) groups excluding carboxylic acids is 1. The van der Waals surface area contributed by atoms with E-state index < -0.39 is 0 Å². The second-order valence-corrected chi connectivity index (χ2v) is 5.79. The van der Waals surface area contributed by atoms with Crippen molar-refractivity contribution in [3.8, 4) is 5.75 Å². The minimum absolute atomic E-state index is 0.00359. The molecule has 2 aromatic carbocycles. The van der Waals surface area contributed by atoms with Crippen LogP contribution in [0.3, 0.4) is 0 Å². The highest BCUT2D eigenvalue weighted by molar-refractivity contribution is 7.99. The van der Waals surface area contributed by atoms with Gasteiger partial charge in [-0.05, 0) is 30.3 Å². The number of benzene rings is 2. The van der Waals surface area contributed by atoms with Crippen LogP contribution in [-0.2, 0) is 4.74 Å². The number of thioether (sulfide) groups is 1. The van der Waals surface area contributed by atoms with Crippen molar-refractivity contribution >= 4 is 23.4 Å². The van der Waals surface area contributed by atoms with Crippen LogP contribution in [0.4, 0.5) is 5.69 Å². The molecule has 108 valence electrons. The second kappa shape index (κ2) is 6.10. The standard InChI is InChI=1S/C16H15NO3S/c1-19-16(18)11-7-8-14-13(9-11)17-10-15(20-14)21-12-5-3-2-4-6-12/h2-9,15,17H,10H2,1H3. The van der Waals surface area contributed by atoms with E-state index in [-0.39, 0.29) is 11.4 Å². The molecule has 4 nitrogen and oxygen atoms in total. The van der Waals surface area contributed by atoms with Crippen LogP contribution in [0, 0.1) is 0 Å². The molecule has 1 aliphatic rings. The Morgan fingerprint density at radius 1 is 1.29 bits per heavy atom. The van der Waals surface area contributed by atoms with Crippen LogP contribution in [0.1, 0.15) is 10.4 Å². The maximum atomic E-state index is 11.5. The van der Waals surface area contributed by atoms with E-state index >= 15 is 0 Å². The lowest BCUT2D eigenvalue weighted by Crippen LogP contribution is -2.28. The lowest BCUT2D eigenvalue weighted by Gasteiger charge is -2.27. The zero-order valence-corrected chi connectivity index (χ0v) is 12.4. The fourth-order valence-corrected chi connectivity index (χ4v) is 3.05. The third kappa shape index (κ3) is 3.13. The molecule has 0 amide bonds. The molecule has 0 radical (unpaired) electrons. The van der Waals surface area contributed by atoms with E-state index in [4.69, 9.17) is 9.47 Å². The topological polar surface area (TPSA) is 47.6 Å². The summed E-state index contributed by atoms with van der Waals surface area (Å²) in [6.07, 6.45) is 0. The van der Waals surface area contributed by atoms with Gasteiger partial charge in [0.25, 0.3) is 0 Å². The van der Waals surface area contributed by atoms with E-state index in [9.17, 15) is 4.79 Å². The first-order chi connectivity index (χ1) is 10.3. The average Bonchev–Trinajstić information content (AvgIpc) is 2.54. The molecule has 0 saturated heterocycles. The molecule has 0 fully saturated rings. The number of hydrogen-bond acceptors (Lipinski definition) is 5. The molecule has 21 heavy (non-hydrogen) atoms. The fraction of sp³-hybridized carbons (Fsp3) is 0.188. The Balaban J connectivity index is 1.73. The van der Waals surface area contributed by atoms with E-state index in [0.29, 0.717) is 12.1 Å². The second-order valence-electron chi connectivity index (χ2n) is 4.56. The maximum Gasteiger partial charge on any atom is 0.337 e. The van der Waals surface area contributed by atoms with Gasteiger partial charge in [0.05, 0.1) is 24.9 Å². The summed E-state index contributed by atoms with van der Waals surface area (Å²) in [5, 5.41) is 3.30. The highest BCUT2D eigenvalue weighted by Crippen LogP contribution is 2.35. The van der Waals surface area contributed by atoms with Crippen LogP contribution < -0.4 is 10.1 Å². The quantitative estimate of drug-likeness (QED) is 0.881. The highest BCUT2D eigenvalue weighted by Gasteiger charge is 2.21. The number of rotatable bonds is 3. The van der Waals surface area contributed by atoms with Crippen molar-refractivity contribution in [1.29, 1.82) is 0 Å². The predicted molar refractivity (Wildman–Crippen MR) is 83.0 cm³/mol. The first kappa shape index (κ1) is 13.8. The summed E-state index contributed by atoms with van der Waals surface area (Å²) in [5.74, 6) is 0.405. The maximum absolute atomic E-state index is 11.5. The van der Waals surface area contributed by atoms with E-state index in [0.717, 1.165) is 11.4 Å². The number of fused-ring (bicyclic) bond motifs is 1. The third-order valence-electron chi connectivity index (χ3n) is 3.13. The number of carbonyl (C=O) groups is 1. The lowest BCUT2D eigenvalue weighted by atomic mass is 10.1. The van der Waals surface area contributed by atoms with Gasteiger partial charge in [0.2, 0.25) is 0 Å². The Morgan fingerprint density at radius 2 is 2.10 bits per heavy atom. The predicted octanol–water partition coefficient (Wildman–Crippen LogP) is 3.40. The third-order valence-corrected chi connectivity index (χ3v) is 4.20. The van der Waals surface area contributed by atoms with Gasteiger partial charge in [-0.1, -0.05) is 30.0 Å². The smallest absolute Gasteiger partial charge is 0.337 e. The Kier molecular flexibility index (Phi) is 4.01.